The predicted molar refractivity (Wildman–Crippen MR) is 60.5 cm³/mol. The summed E-state index contributed by atoms with van der Waals surface area (Å²) in [6, 6.07) is 6.09. The number of carbonyl (C=O) groups is 1. The molecule has 1 aromatic carbocycles. The van der Waals surface area contributed by atoms with Crippen LogP contribution >= 0.6 is 0 Å². The largest absolute Gasteiger partial charge is 0.486 e. The molecular formula is C13H16O3. The number of benzene rings is 1. The second kappa shape index (κ2) is 3.81. The van der Waals surface area contributed by atoms with Crippen molar-refractivity contribution in [1.82, 2.24) is 0 Å². The van der Waals surface area contributed by atoms with Crippen LogP contribution in [0.5, 0.6) is 5.75 Å². The molecule has 2 rings (SSSR count). The fourth-order valence-corrected chi connectivity index (χ4v) is 2.13. The highest BCUT2D eigenvalue weighted by atomic mass is 16.5. The van der Waals surface area contributed by atoms with Crippen LogP contribution in [0.2, 0.25) is 0 Å². The topological polar surface area (TPSA) is 35.5 Å². The predicted octanol–water partition coefficient (Wildman–Crippen LogP) is 2.25. The maximum Gasteiger partial charge on any atom is 0.309 e. The number of carbonyl (C=O) groups excluding carboxylic acids is 1. The van der Waals surface area contributed by atoms with E-state index in [2.05, 4.69) is 17.7 Å². The highest BCUT2D eigenvalue weighted by molar-refractivity contribution is 5.71. The van der Waals surface area contributed by atoms with Crippen molar-refractivity contribution in [2.24, 2.45) is 0 Å². The molecule has 1 atom stereocenters. The lowest BCUT2D eigenvalue weighted by molar-refractivity contribution is -0.144. The summed E-state index contributed by atoms with van der Waals surface area (Å²) >= 11 is 0. The molecule has 1 aliphatic heterocycles. The SMILES string of the molecule is COC(=O)CC1(C)Cc2cc(C)ccc2O1. The summed E-state index contributed by atoms with van der Waals surface area (Å²) in [5.41, 5.74) is 1.93. The molecule has 0 fully saturated rings. The molecule has 1 unspecified atom stereocenters. The lowest BCUT2D eigenvalue weighted by atomic mass is 9.95. The molecule has 86 valence electrons. The van der Waals surface area contributed by atoms with Crippen molar-refractivity contribution in [2.45, 2.75) is 32.3 Å². The Kier molecular flexibility index (Phi) is 2.62. The maximum absolute atomic E-state index is 11.3. The number of hydrogen-bond donors (Lipinski definition) is 0. The molecule has 0 spiro atoms. The van der Waals surface area contributed by atoms with Gasteiger partial charge in [-0.3, -0.25) is 4.79 Å². The van der Waals surface area contributed by atoms with Crippen LogP contribution in [0.15, 0.2) is 18.2 Å². The van der Waals surface area contributed by atoms with Crippen molar-refractivity contribution < 1.29 is 14.3 Å². The van der Waals surface area contributed by atoms with Crippen molar-refractivity contribution in [3.8, 4) is 5.75 Å². The van der Waals surface area contributed by atoms with Gasteiger partial charge in [0.2, 0.25) is 0 Å². The quantitative estimate of drug-likeness (QED) is 0.717. The van der Waals surface area contributed by atoms with Crippen molar-refractivity contribution in [3.63, 3.8) is 0 Å². The van der Waals surface area contributed by atoms with Crippen molar-refractivity contribution in [1.29, 1.82) is 0 Å². The van der Waals surface area contributed by atoms with Crippen LogP contribution < -0.4 is 4.74 Å². The average molecular weight is 220 g/mol. The fraction of sp³-hybridized carbons (Fsp3) is 0.462. The van der Waals surface area contributed by atoms with Gasteiger partial charge in [-0.2, -0.15) is 0 Å². The molecule has 1 aliphatic rings. The minimum atomic E-state index is -0.455. The van der Waals surface area contributed by atoms with E-state index in [1.807, 2.05) is 19.1 Å². The first-order valence-electron chi connectivity index (χ1n) is 5.38. The Labute approximate surface area is 95.4 Å². The van der Waals surface area contributed by atoms with Gasteiger partial charge >= 0.3 is 5.97 Å². The number of rotatable bonds is 2. The highest BCUT2D eigenvalue weighted by Gasteiger charge is 2.37. The molecule has 16 heavy (non-hydrogen) atoms. The van der Waals surface area contributed by atoms with Gasteiger partial charge in [0.15, 0.2) is 0 Å². The van der Waals surface area contributed by atoms with E-state index in [1.165, 1.54) is 18.2 Å². The van der Waals surface area contributed by atoms with Gasteiger partial charge in [-0.05, 0) is 25.5 Å². The Bertz CT molecular complexity index is 425. The standard InChI is InChI=1S/C13H16O3/c1-9-4-5-11-10(6-9)7-13(2,16-11)8-12(14)15-3/h4-6H,7-8H2,1-3H3. The van der Waals surface area contributed by atoms with Gasteiger partial charge in [0, 0.05) is 6.42 Å². The molecule has 0 N–H and O–H groups in total. The van der Waals surface area contributed by atoms with Gasteiger partial charge in [0.25, 0.3) is 0 Å². The zero-order chi connectivity index (χ0) is 11.8. The van der Waals surface area contributed by atoms with Crippen LogP contribution in [0, 0.1) is 6.92 Å². The Balaban J connectivity index is 2.17. The van der Waals surface area contributed by atoms with Crippen LogP contribution in [0.25, 0.3) is 0 Å². The molecule has 3 nitrogen and oxygen atoms in total. The molecule has 0 saturated carbocycles. The second-order valence-corrected chi connectivity index (χ2v) is 4.59. The van der Waals surface area contributed by atoms with Crippen LogP contribution in [-0.2, 0) is 16.0 Å². The van der Waals surface area contributed by atoms with Crippen LogP contribution in [0.1, 0.15) is 24.5 Å². The minimum absolute atomic E-state index is 0.230. The number of methoxy groups -OCH3 is 1. The summed E-state index contributed by atoms with van der Waals surface area (Å²) in [5.74, 6) is 0.657. The molecule has 0 aromatic heterocycles. The molecule has 0 amide bonds. The second-order valence-electron chi connectivity index (χ2n) is 4.59. The Morgan fingerprint density at radius 2 is 2.31 bits per heavy atom. The summed E-state index contributed by atoms with van der Waals surface area (Å²) in [6.45, 7) is 4.00. The van der Waals surface area contributed by atoms with Crippen molar-refractivity contribution in [3.05, 3.63) is 29.3 Å². The first-order valence-corrected chi connectivity index (χ1v) is 5.38. The Morgan fingerprint density at radius 3 is 3.00 bits per heavy atom. The van der Waals surface area contributed by atoms with Crippen LogP contribution in [0.4, 0.5) is 0 Å². The van der Waals surface area contributed by atoms with E-state index in [9.17, 15) is 4.79 Å². The molecular weight excluding hydrogens is 204 g/mol. The number of hydrogen-bond acceptors (Lipinski definition) is 3. The average Bonchev–Trinajstić information content (AvgIpc) is 2.53. The van der Waals surface area contributed by atoms with Gasteiger partial charge < -0.3 is 9.47 Å². The fourth-order valence-electron chi connectivity index (χ4n) is 2.13. The lowest BCUT2D eigenvalue weighted by Gasteiger charge is -2.22. The zero-order valence-electron chi connectivity index (χ0n) is 9.87. The maximum atomic E-state index is 11.3. The van der Waals surface area contributed by atoms with Gasteiger partial charge in [-0.1, -0.05) is 17.7 Å². The van der Waals surface area contributed by atoms with E-state index in [0.29, 0.717) is 0 Å². The van der Waals surface area contributed by atoms with Crippen molar-refractivity contribution in [2.75, 3.05) is 7.11 Å². The highest BCUT2D eigenvalue weighted by Crippen LogP contribution is 2.37. The van der Waals surface area contributed by atoms with E-state index in [-0.39, 0.29) is 12.4 Å². The van der Waals surface area contributed by atoms with E-state index >= 15 is 0 Å². The summed E-state index contributed by atoms with van der Waals surface area (Å²) in [5, 5.41) is 0. The summed E-state index contributed by atoms with van der Waals surface area (Å²) in [6.07, 6.45) is 1.05. The molecule has 1 aromatic rings. The van der Waals surface area contributed by atoms with Gasteiger partial charge in [0.1, 0.15) is 11.4 Å². The Hall–Kier alpha value is -1.51. The smallest absolute Gasteiger partial charge is 0.309 e. The third-order valence-corrected chi connectivity index (χ3v) is 2.88. The molecule has 0 radical (unpaired) electrons. The third kappa shape index (κ3) is 2.03. The van der Waals surface area contributed by atoms with Gasteiger partial charge in [-0.25, -0.2) is 0 Å². The molecule has 0 saturated heterocycles. The first-order chi connectivity index (χ1) is 7.52. The van der Waals surface area contributed by atoms with Gasteiger partial charge in [0.05, 0.1) is 13.5 Å². The van der Waals surface area contributed by atoms with E-state index < -0.39 is 5.60 Å². The van der Waals surface area contributed by atoms with Crippen LogP contribution in [-0.4, -0.2) is 18.7 Å². The van der Waals surface area contributed by atoms with E-state index in [1.54, 1.807) is 0 Å². The minimum Gasteiger partial charge on any atom is -0.486 e. The lowest BCUT2D eigenvalue weighted by Crippen LogP contribution is -2.33. The van der Waals surface area contributed by atoms with E-state index in [0.717, 1.165) is 12.2 Å². The summed E-state index contributed by atoms with van der Waals surface area (Å²) in [7, 11) is 1.40. The first kappa shape index (κ1) is 11.0. The summed E-state index contributed by atoms with van der Waals surface area (Å²) < 4.78 is 10.5. The molecule has 3 heteroatoms. The number of aryl methyl sites for hydroxylation is 1. The Morgan fingerprint density at radius 1 is 1.56 bits per heavy atom. The third-order valence-electron chi connectivity index (χ3n) is 2.88. The monoisotopic (exact) mass is 220 g/mol. The zero-order valence-corrected chi connectivity index (χ0v) is 9.87. The summed E-state index contributed by atoms with van der Waals surface area (Å²) in [4.78, 5) is 11.3. The number of esters is 1. The molecule has 1 heterocycles. The van der Waals surface area contributed by atoms with Gasteiger partial charge in [-0.15, -0.1) is 0 Å². The van der Waals surface area contributed by atoms with Crippen LogP contribution in [0.3, 0.4) is 0 Å². The van der Waals surface area contributed by atoms with Crippen molar-refractivity contribution >= 4 is 5.97 Å². The number of fused-ring (bicyclic) bond motifs is 1. The molecule has 0 bridgehead atoms. The van der Waals surface area contributed by atoms with E-state index in [4.69, 9.17) is 4.74 Å². The normalized spacial score (nSPS) is 22.4. The molecule has 0 aliphatic carbocycles. The number of ether oxygens (including phenoxy) is 2.